The molecule has 0 saturated carbocycles. The number of thiophene rings is 1. The second-order valence-corrected chi connectivity index (χ2v) is 6.47. The summed E-state index contributed by atoms with van der Waals surface area (Å²) in [5, 5.41) is 12.9. The number of aromatic nitrogens is 1. The maximum Gasteiger partial charge on any atom is 0.263 e. The van der Waals surface area contributed by atoms with Crippen molar-refractivity contribution in [1.29, 1.82) is 0 Å². The molecule has 0 saturated heterocycles. The molecule has 1 unspecified atom stereocenters. The Morgan fingerprint density at radius 1 is 1.57 bits per heavy atom. The van der Waals surface area contributed by atoms with Gasteiger partial charge in [-0.25, -0.2) is 4.39 Å². The van der Waals surface area contributed by atoms with Gasteiger partial charge in [-0.05, 0) is 30.6 Å². The van der Waals surface area contributed by atoms with Gasteiger partial charge >= 0.3 is 0 Å². The number of anilines is 1. The van der Waals surface area contributed by atoms with Crippen molar-refractivity contribution in [3.05, 3.63) is 46.4 Å². The van der Waals surface area contributed by atoms with Gasteiger partial charge in [-0.3, -0.25) is 9.78 Å². The Morgan fingerprint density at radius 2 is 2.35 bits per heavy atom. The number of aliphatic hydroxyl groups is 1. The highest BCUT2D eigenvalue weighted by molar-refractivity contribution is 7.21. The molecule has 1 aliphatic rings. The predicted molar refractivity (Wildman–Crippen MR) is 89.0 cm³/mol. The molecule has 2 aromatic rings. The molecule has 0 aliphatic heterocycles. The summed E-state index contributed by atoms with van der Waals surface area (Å²) in [5.41, 5.74) is 8.08. The maximum absolute atomic E-state index is 13.4. The Morgan fingerprint density at radius 3 is 3.04 bits per heavy atom. The third kappa shape index (κ3) is 2.97. The Bertz CT molecular complexity index is 841. The van der Waals surface area contributed by atoms with Crippen molar-refractivity contribution in [3.63, 3.8) is 0 Å². The molecule has 0 bridgehead atoms. The van der Waals surface area contributed by atoms with Crippen molar-refractivity contribution in [2.45, 2.75) is 19.4 Å². The summed E-state index contributed by atoms with van der Waals surface area (Å²) in [5.74, 6) is -0.885. The van der Waals surface area contributed by atoms with Crippen LogP contribution in [0.5, 0.6) is 0 Å². The lowest BCUT2D eigenvalue weighted by Crippen LogP contribution is -2.26. The van der Waals surface area contributed by atoms with E-state index in [0.29, 0.717) is 16.1 Å². The van der Waals surface area contributed by atoms with E-state index in [1.54, 1.807) is 18.5 Å². The summed E-state index contributed by atoms with van der Waals surface area (Å²) in [4.78, 5) is 16.9. The van der Waals surface area contributed by atoms with Crippen LogP contribution in [0.1, 0.15) is 21.7 Å². The first-order valence-corrected chi connectivity index (χ1v) is 7.94. The number of rotatable bonds is 3. The normalized spacial score (nSPS) is 17.8. The molecule has 7 heteroatoms. The Labute approximate surface area is 136 Å². The molecule has 5 nitrogen and oxygen atoms in total. The first-order chi connectivity index (χ1) is 11.0. The minimum atomic E-state index is -1.08. The number of carbonyl (C=O) groups excluding carboxylic acids is 1. The van der Waals surface area contributed by atoms with E-state index >= 15 is 0 Å². The Kier molecular flexibility index (Phi) is 4.14. The number of nitrogens with two attached hydrogens (primary N) is 1. The first kappa shape index (κ1) is 15.6. The van der Waals surface area contributed by atoms with Crippen LogP contribution in [0.15, 0.2) is 35.9 Å². The monoisotopic (exact) mass is 333 g/mol. The van der Waals surface area contributed by atoms with Crippen molar-refractivity contribution < 1.29 is 14.3 Å². The summed E-state index contributed by atoms with van der Waals surface area (Å²) < 4.78 is 14.2. The third-order valence-electron chi connectivity index (χ3n) is 3.73. The van der Waals surface area contributed by atoms with Crippen LogP contribution in [0.25, 0.3) is 10.1 Å². The summed E-state index contributed by atoms with van der Waals surface area (Å²) in [6, 6.07) is 0. The van der Waals surface area contributed by atoms with Gasteiger partial charge in [0.2, 0.25) is 0 Å². The highest BCUT2D eigenvalue weighted by atomic mass is 32.1. The van der Waals surface area contributed by atoms with E-state index in [2.05, 4.69) is 10.3 Å². The molecule has 2 aromatic heterocycles. The number of nitrogens with one attached hydrogen (secondary N) is 1. The van der Waals surface area contributed by atoms with Crippen molar-refractivity contribution >= 4 is 33.0 Å². The molecule has 1 amide bonds. The van der Waals surface area contributed by atoms with Crippen molar-refractivity contribution in [2.24, 2.45) is 0 Å². The highest BCUT2D eigenvalue weighted by Gasteiger charge is 2.19. The average Bonchev–Trinajstić information content (AvgIpc) is 2.86. The van der Waals surface area contributed by atoms with Crippen LogP contribution in [-0.4, -0.2) is 28.6 Å². The van der Waals surface area contributed by atoms with E-state index < -0.39 is 11.9 Å². The number of aryl methyl sites for hydroxylation is 1. The van der Waals surface area contributed by atoms with Gasteiger partial charge in [-0.1, -0.05) is 6.08 Å². The van der Waals surface area contributed by atoms with Crippen LogP contribution in [0.2, 0.25) is 0 Å². The van der Waals surface area contributed by atoms with E-state index in [9.17, 15) is 14.3 Å². The van der Waals surface area contributed by atoms with E-state index in [1.165, 1.54) is 17.4 Å². The molecule has 120 valence electrons. The molecule has 2 heterocycles. The summed E-state index contributed by atoms with van der Waals surface area (Å²) in [6.07, 6.45) is 5.47. The van der Waals surface area contributed by atoms with Gasteiger partial charge in [0, 0.05) is 24.3 Å². The quantitative estimate of drug-likeness (QED) is 0.805. The maximum atomic E-state index is 13.4. The van der Waals surface area contributed by atoms with E-state index in [1.807, 2.05) is 6.92 Å². The average molecular weight is 333 g/mol. The number of carbonyl (C=O) groups is 1. The van der Waals surface area contributed by atoms with Crippen LogP contribution in [0, 0.1) is 6.92 Å². The predicted octanol–water partition coefficient (Wildman–Crippen LogP) is 2.46. The van der Waals surface area contributed by atoms with Crippen LogP contribution in [0.3, 0.4) is 0 Å². The SMILES string of the molecule is Cc1cncc2sc(C(=O)NCC3=CCC(O)C(F)=C3)c(N)c12. The molecule has 0 radical (unpaired) electrons. The Balaban J connectivity index is 1.77. The number of hydrogen-bond acceptors (Lipinski definition) is 5. The third-order valence-corrected chi connectivity index (χ3v) is 4.87. The minimum absolute atomic E-state index is 0.184. The molecule has 23 heavy (non-hydrogen) atoms. The molecule has 1 atom stereocenters. The van der Waals surface area contributed by atoms with E-state index in [4.69, 9.17) is 5.73 Å². The molecule has 1 aliphatic carbocycles. The molecular formula is C16H16FN3O2S. The zero-order valence-electron chi connectivity index (χ0n) is 12.5. The smallest absolute Gasteiger partial charge is 0.263 e. The molecular weight excluding hydrogens is 317 g/mol. The van der Waals surface area contributed by atoms with E-state index in [0.717, 1.165) is 15.6 Å². The van der Waals surface area contributed by atoms with Crippen molar-refractivity contribution in [1.82, 2.24) is 10.3 Å². The fraction of sp³-hybridized carbons (Fsp3) is 0.250. The number of hydrogen-bond donors (Lipinski definition) is 3. The second-order valence-electron chi connectivity index (χ2n) is 5.42. The van der Waals surface area contributed by atoms with Crippen LogP contribution in [-0.2, 0) is 0 Å². The number of halogens is 1. The van der Waals surface area contributed by atoms with Crippen LogP contribution >= 0.6 is 11.3 Å². The van der Waals surface area contributed by atoms with Crippen LogP contribution in [0.4, 0.5) is 10.1 Å². The fourth-order valence-corrected chi connectivity index (χ4v) is 3.59. The number of aliphatic hydroxyl groups excluding tert-OH is 1. The zero-order chi connectivity index (χ0) is 16.6. The fourth-order valence-electron chi connectivity index (χ4n) is 2.50. The highest BCUT2D eigenvalue weighted by Crippen LogP contribution is 2.35. The lowest BCUT2D eigenvalue weighted by Gasteiger charge is -2.14. The topological polar surface area (TPSA) is 88.2 Å². The lowest BCUT2D eigenvalue weighted by atomic mass is 10.0. The largest absolute Gasteiger partial charge is 0.397 e. The van der Waals surface area contributed by atoms with Crippen LogP contribution < -0.4 is 11.1 Å². The molecule has 0 fully saturated rings. The van der Waals surface area contributed by atoms with Gasteiger partial charge in [0.05, 0.1) is 10.4 Å². The Hall–Kier alpha value is -2.25. The van der Waals surface area contributed by atoms with Gasteiger partial charge in [-0.15, -0.1) is 11.3 Å². The second kappa shape index (κ2) is 6.10. The first-order valence-electron chi connectivity index (χ1n) is 7.12. The van der Waals surface area contributed by atoms with Crippen molar-refractivity contribution in [3.8, 4) is 0 Å². The number of fused-ring (bicyclic) bond motifs is 1. The number of amides is 1. The van der Waals surface area contributed by atoms with Gasteiger partial charge < -0.3 is 16.2 Å². The van der Waals surface area contributed by atoms with Crippen molar-refractivity contribution in [2.75, 3.05) is 12.3 Å². The van der Waals surface area contributed by atoms with Gasteiger partial charge in [-0.2, -0.15) is 0 Å². The van der Waals surface area contributed by atoms with Gasteiger partial charge in [0.25, 0.3) is 5.91 Å². The van der Waals surface area contributed by atoms with Gasteiger partial charge in [0.15, 0.2) is 0 Å². The number of pyridine rings is 1. The molecule has 4 N–H and O–H groups in total. The zero-order valence-corrected chi connectivity index (χ0v) is 13.3. The summed E-state index contributed by atoms with van der Waals surface area (Å²) in [7, 11) is 0. The number of nitrogens with zero attached hydrogens (tertiary/aromatic N) is 1. The summed E-state index contributed by atoms with van der Waals surface area (Å²) >= 11 is 1.29. The standard InChI is InChI=1S/C16H16FN3O2S/c1-8-5-19-7-12-13(8)14(18)15(23-12)16(22)20-6-9-2-3-11(21)10(17)4-9/h2,4-5,7,11,21H,3,6,18H2,1H3,(H,20,22). The lowest BCUT2D eigenvalue weighted by molar-refractivity contribution is 0.0962. The molecule has 3 rings (SSSR count). The molecule has 0 spiro atoms. The van der Waals surface area contributed by atoms with E-state index in [-0.39, 0.29) is 18.9 Å². The summed E-state index contributed by atoms with van der Waals surface area (Å²) in [6.45, 7) is 2.08. The van der Waals surface area contributed by atoms with Gasteiger partial charge in [0.1, 0.15) is 16.8 Å². The molecule has 0 aromatic carbocycles. The number of nitrogen functional groups attached to an aromatic ring is 1. The minimum Gasteiger partial charge on any atom is -0.397 e.